The Kier molecular flexibility index (Phi) is 7.70. The molecule has 2 aliphatic rings. The number of hydrogen-bond acceptors (Lipinski definition) is 6. The number of Topliss-reactive ketones (excluding diaryl/α,β-unsaturated/α-hetero) is 1. The topological polar surface area (TPSA) is 73.3 Å². The number of para-hydroxylation sites is 1. The second-order valence-electron chi connectivity index (χ2n) is 9.07. The minimum absolute atomic E-state index is 0.0187. The standard InChI is InChI=1S/C30H28N4O3S/c1-22(35)24-12-14-25(15-13-24)32-16-18-33(19-17-32)28(36)21-38-30-31-27(20-23-8-4-2-5-9-23)29(37)34(30)26-10-6-3-7-11-26/h2-15,20H,16-19,21H2,1H3/b27-20+. The average molecular weight is 525 g/mol. The first-order chi connectivity index (χ1) is 18.5. The molecular weight excluding hydrogens is 496 g/mol. The van der Waals surface area contributed by atoms with Crippen LogP contribution in [0.5, 0.6) is 0 Å². The molecule has 3 aromatic rings. The summed E-state index contributed by atoms with van der Waals surface area (Å²) in [6, 6.07) is 26.6. The smallest absolute Gasteiger partial charge is 0.283 e. The van der Waals surface area contributed by atoms with Crippen molar-refractivity contribution in [3.63, 3.8) is 0 Å². The van der Waals surface area contributed by atoms with Gasteiger partial charge in [-0.15, -0.1) is 0 Å². The van der Waals surface area contributed by atoms with E-state index in [1.807, 2.05) is 89.8 Å². The van der Waals surface area contributed by atoms with Crippen LogP contribution in [0.2, 0.25) is 0 Å². The second-order valence-corrected chi connectivity index (χ2v) is 10.0. The SMILES string of the molecule is CC(=O)c1ccc(N2CCN(C(=O)CSC3=N/C(=C/c4ccccc4)C(=O)N3c3ccccc3)CC2)cc1. The number of rotatable bonds is 6. The van der Waals surface area contributed by atoms with E-state index in [1.165, 1.54) is 11.8 Å². The third-order valence-electron chi connectivity index (χ3n) is 6.54. The maximum absolute atomic E-state index is 13.3. The maximum atomic E-state index is 13.3. The van der Waals surface area contributed by atoms with Crippen molar-refractivity contribution in [2.24, 2.45) is 4.99 Å². The molecule has 0 saturated carbocycles. The number of hydrogen-bond donors (Lipinski definition) is 0. The number of carbonyl (C=O) groups excluding carboxylic acids is 3. The van der Waals surface area contributed by atoms with Gasteiger partial charge in [-0.2, -0.15) is 0 Å². The number of ketones is 1. The van der Waals surface area contributed by atoms with Crippen molar-refractivity contribution in [2.45, 2.75) is 6.92 Å². The summed E-state index contributed by atoms with van der Waals surface area (Å²) < 4.78 is 0. The highest BCUT2D eigenvalue weighted by molar-refractivity contribution is 8.14. The molecule has 192 valence electrons. The molecule has 2 amide bonds. The number of thioether (sulfide) groups is 1. The van der Waals surface area contributed by atoms with Crippen molar-refractivity contribution in [1.82, 2.24) is 4.90 Å². The molecule has 8 heteroatoms. The zero-order chi connectivity index (χ0) is 26.5. The molecule has 0 spiro atoms. The highest BCUT2D eigenvalue weighted by atomic mass is 32.2. The van der Waals surface area contributed by atoms with Crippen LogP contribution in [-0.4, -0.2) is 59.6 Å². The summed E-state index contributed by atoms with van der Waals surface area (Å²) in [4.78, 5) is 48.2. The van der Waals surface area contributed by atoms with E-state index in [9.17, 15) is 14.4 Å². The van der Waals surface area contributed by atoms with Crippen LogP contribution in [0, 0.1) is 0 Å². The fraction of sp³-hybridized carbons (Fsp3) is 0.200. The Labute approximate surface area is 226 Å². The third-order valence-corrected chi connectivity index (χ3v) is 7.47. The molecular formula is C30H28N4O3S. The van der Waals surface area contributed by atoms with Gasteiger partial charge in [-0.05, 0) is 55.0 Å². The van der Waals surface area contributed by atoms with Crippen molar-refractivity contribution in [3.05, 3.63) is 102 Å². The predicted octanol–water partition coefficient (Wildman–Crippen LogP) is 4.71. The summed E-state index contributed by atoms with van der Waals surface area (Å²) in [5.74, 6) is 0.0534. The monoisotopic (exact) mass is 524 g/mol. The minimum atomic E-state index is -0.209. The third kappa shape index (κ3) is 5.70. The first kappa shape index (κ1) is 25.5. The van der Waals surface area contributed by atoms with Gasteiger partial charge in [0.2, 0.25) is 5.91 Å². The Morgan fingerprint density at radius 2 is 1.47 bits per heavy atom. The first-order valence-corrected chi connectivity index (χ1v) is 13.5. The van der Waals surface area contributed by atoms with Crippen molar-refractivity contribution >= 4 is 52.0 Å². The Morgan fingerprint density at radius 3 is 2.11 bits per heavy atom. The summed E-state index contributed by atoms with van der Waals surface area (Å²) in [5.41, 5.74) is 3.70. The van der Waals surface area contributed by atoms with Gasteiger partial charge < -0.3 is 9.80 Å². The van der Waals surface area contributed by atoms with Crippen LogP contribution >= 0.6 is 11.8 Å². The van der Waals surface area contributed by atoms with E-state index in [0.717, 1.165) is 30.0 Å². The number of benzene rings is 3. The normalized spacial score (nSPS) is 16.7. The summed E-state index contributed by atoms with van der Waals surface area (Å²) in [6.45, 7) is 4.22. The van der Waals surface area contributed by atoms with Gasteiger partial charge >= 0.3 is 0 Å². The lowest BCUT2D eigenvalue weighted by Crippen LogP contribution is -2.49. The molecule has 7 nitrogen and oxygen atoms in total. The highest BCUT2D eigenvalue weighted by Gasteiger charge is 2.33. The lowest BCUT2D eigenvalue weighted by molar-refractivity contribution is -0.128. The van der Waals surface area contributed by atoms with E-state index >= 15 is 0 Å². The molecule has 0 N–H and O–H groups in total. The van der Waals surface area contributed by atoms with Crippen LogP contribution in [-0.2, 0) is 9.59 Å². The first-order valence-electron chi connectivity index (χ1n) is 12.5. The number of anilines is 2. The van der Waals surface area contributed by atoms with Crippen LogP contribution in [0.15, 0.2) is 95.6 Å². The fourth-order valence-electron chi connectivity index (χ4n) is 4.44. The molecule has 1 fully saturated rings. The Hall–Kier alpha value is -4.17. The van der Waals surface area contributed by atoms with E-state index in [1.54, 1.807) is 17.9 Å². The lowest BCUT2D eigenvalue weighted by atomic mass is 10.1. The number of piperazine rings is 1. The minimum Gasteiger partial charge on any atom is -0.368 e. The number of amidine groups is 1. The summed E-state index contributed by atoms with van der Waals surface area (Å²) in [7, 11) is 0. The molecule has 0 bridgehead atoms. The number of amides is 2. The average Bonchev–Trinajstić information content (AvgIpc) is 3.27. The van der Waals surface area contributed by atoms with Crippen LogP contribution < -0.4 is 9.80 Å². The van der Waals surface area contributed by atoms with Crippen molar-refractivity contribution in [1.29, 1.82) is 0 Å². The van der Waals surface area contributed by atoms with Gasteiger partial charge in [-0.3, -0.25) is 19.3 Å². The maximum Gasteiger partial charge on any atom is 0.283 e. The zero-order valence-electron chi connectivity index (χ0n) is 21.1. The molecule has 0 atom stereocenters. The Bertz CT molecular complexity index is 1380. The Balaban J connectivity index is 1.24. The molecule has 2 heterocycles. The van der Waals surface area contributed by atoms with Gasteiger partial charge in [0.25, 0.3) is 5.91 Å². The van der Waals surface area contributed by atoms with Crippen LogP contribution in [0.1, 0.15) is 22.8 Å². The number of aliphatic imine (C=N–C) groups is 1. The molecule has 0 radical (unpaired) electrons. The molecule has 0 aromatic heterocycles. The molecule has 38 heavy (non-hydrogen) atoms. The molecule has 5 rings (SSSR count). The molecule has 0 unspecified atom stereocenters. The van der Waals surface area contributed by atoms with Gasteiger partial charge in [-0.25, -0.2) is 4.99 Å². The largest absolute Gasteiger partial charge is 0.368 e. The van der Waals surface area contributed by atoms with Crippen molar-refractivity contribution in [3.8, 4) is 0 Å². The van der Waals surface area contributed by atoms with Gasteiger partial charge in [0.05, 0.1) is 11.4 Å². The van der Waals surface area contributed by atoms with Crippen LogP contribution in [0.25, 0.3) is 6.08 Å². The van der Waals surface area contributed by atoms with Gasteiger partial charge in [0.15, 0.2) is 11.0 Å². The zero-order valence-corrected chi connectivity index (χ0v) is 21.9. The molecule has 1 saturated heterocycles. The summed E-state index contributed by atoms with van der Waals surface area (Å²) >= 11 is 1.29. The van der Waals surface area contributed by atoms with E-state index in [2.05, 4.69) is 9.89 Å². The van der Waals surface area contributed by atoms with Gasteiger partial charge in [0, 0.05) is 37.4 Å². The number of carbonyl (C=O) groups is 3. The van der Waals surface area contributed by atoms with Crippen molar-refractivity contribution in [2.75, 3.05) is 41.7 Å². The lowest BCUT2D eigenvalue weighted by Gasteiger charge is -2.36. The second kappa shape index (κ2) is 11.5. The Morgan fingerprint density at radius 1 is 0.842 bits per heavy atom. The van der Waals surface area contributed by atoms with Gasteiger partial charge in [-0.1, -0.05) is 60.3 Å². The van der Waals surface area contributed by atoms with E-state index < -0.39 is 0 Å². The molecule has 3 aromatic carbocycles. The summed E-state index contributed by atoms with van der Waals surface area (Å²) in [6.07, 6.45) is 1.77. The number of nitrogens with zero attached hydrogens (tertiary/aromatic N) is 4. The van der Waals surface area contributed by atoms with Crippen LogP contribution in [0.4, 0.5) is 11.4 Å². The van der Waals surface area contributed by atoms with Crippen molar-refractivity contribution < 1.29 is 14.4 Å². The van der Waals surface area contributed by atoms with Gasteiger partial charge in [0.1, 0.15) is 5.70 Å². The summed E-state index contributed by atoms with van der Waals surface area (Å²) in [5, 5.41) is 0.501. The van der Waals surface area contributed by atoms with E-state index in [0.29, 0.717) is 29.5 Å². The quantitative estimate of drug-likeness (QED) is 0.345. The predicted molar refractivity (Wildman–Crippen MR) is 153 cm³/mol. The van der Waals surface area contributed by atoms with Crippen LogP contribution in [0.3, 0.4) is 0 Å². The molecule has 2 aliphatic heterocycles. The highest BCUT2D eigenvalue weighted by Crippen LogP contribution is 2.29. The molecule has 0 aliphatic carbocycles. The van der Waals surface area contributed by atoms with E-state index in [-0.39, 0.29) is 23.4 Å². The van der Waals surface area contributed by atoms with E-state index in [4.69, 9.17) is 0 Å². The fourth-order valence-corrected chi connectivity index (χ4v) is 5.36.